The fourth-order valence-corrected chi connectivity index (χ4v) is 8.58. The van der Waals surface area contributed by atoms with Crippen molar-refractivity contribution in [3.8, 4) is 56.2 Å². The van der Waals surface area contributed by atoms with Crippen LogP contribution >= 0.6 is 11.3 Å². The van der Waals surface area contributed by atoms with E-state index in [0.717, 1.165) is 33.6 Å². The quantitative estimate of drug-likeness (QED) is 0.183. The number of nitrogens with zero attached hydrogens (tertiary/aromatic N) is 2. The lowest BCUT2D eigenvalue weighted by molar-refractivity contribution is 1.18. The van der Waals surface area contributed by atoms with Gasteiger partial charge in [0.15, 0.2) is 5.82 Å². The molecule has 10 aromatic rings. The predicted octanol–water partition coefficient (Wildman–Crippen LogP) is 13.5. The Morgan fingerprint density at radius 1 is 0.333 bits per heavy atom. The Morgan fingerprint density at radius 3 is 1.80 bits per heavy atom. The van der Waals surface area contributed by atoms with Crippen molar-refractivity contribution in [2.24, 2.45) is 0 Å². The smallest absolute Gasteiger partial charge is 0.160 e. The molecule has 0 aliphatic heterocycles. The third kappa shape index (κ3) is 5.27. The Hall–Kier alpha value is -6.42. The lowest BCUT2D eigenvalue weighted by Crippen LogP contribution is -1.97. The summed E-state index contributed by atoms with van der Waals surface area (Å²) in [5, 5.41) is 7.44. The van der Waals surface area contributed by atoms with E-state index in [0.29, 0.717) is 5.82 Å². The van der Waals surface area contributed by atoms with Crippen LogP contribution in [0, 0.1) is 0 Å². The van der Waals surface area contributed by atoms with Gasteiger partial charge in [0, 0.05) is 36.9 Å². The van der Waals surface area contributed by atoms with Gasteiger partial charge in [0.05, 0.1) is 11.4 Å². The number of thiophene rings is 1. The molecule has 0 amide bonds. The van der Waals surface area contributed by atoms with E-state index in [2.05, 4.69) is 164 Å². The molecule has 2 aromatic heterocycles. The Balaban J connectivity index is 1.24. The molecule has 238 valence electrons. The number of fused-ring (bicyclic) bond motifs is 5. The van der Waals surface area contributed by atoms with Crippen LogP contribution in [-0.2, 0) is 0 Å². The lowest BCUT2D eigenvalue weighted by Gasteiger charge is -2.15. The maximum absolute atomic E-state index is 5.28. The summed E-state index contributed by atoms with van der Waals surface area (Å²) < 4.78 is 2.60. The van der Waals surface area contributed by atoms with Gasteiger partial charge in [0.1, 0.15) is 0 Å². The van der Waals surface area contributed by atoms with Gasteiger partial charge in [-0.05, 0) is 80.2 Å². The molecule has 0 saturated carbocycles. The highest BCUT2D eigenvalue weighted by molar-refractivity contribution is 7.26. The van der Waals surface area contributed by atoms with Gasteiger partial charge < -0.3 is 0 Å². The van der Waals surface area contributed by atoms with Crippen molar-refractivity contribution in [1.29, 1.82) is 0 Å². The zero-order valence-electron chi connectivity index (χ0n) is 27.6. The van der Waals surface area contributed by atoms with E-state index in [1.807, 2.05) is 29.5 Å². The molecule has 0 atom stereocenters. The fraction of sp³-hybridized carbons (Fsp3) is 0. The highest BCUT2D eigenvalue weighted by Crippen LogP contribution is 2.43. The molecule has 8 aromatic carbocycles. The van der Waals surface area contributed by atoms with Gasteiger partial charge in [-0.1, -0.05) is 146 Å². The largest absolute Gasteiger partial charge is 0.228 e. The molecule has 2 nitrogen and oxygen atoms in total. The molecule has 0 aliphatic carbocycles. The summed E-state index contributed by atoms with van der Waals surface area (Å²) in [7, 11) is 0. The second kappa shape index (κ2) is 12.2. The van der Waals surface area contributed by atoms with Crippen molar-refractivity contribution in [1.82, 2.24) is 9.97 Å². The Bertz CT molecular complexity index is 2920. The van der Waals surface area contributed by atoms with Crippen molar-refractivity contribution < 1.29 is 0 Å². The van der Waals surface area contributed by atoms with E-state index in [4.69, 9.17) is 9.97 Å². The third-order valence-corrected chi connectivity index (χ3v) is 11.1. The van der Waals surface area contributed by atoms with Gasteiger partial charge in [-0.3, -0.25) is 0 Å². The van der Waals surface area contributed by atoms with Gasteiger partial charge >= 0.3 is 0 Å². The van der Waals surface area contributed by atoms with E-state index in [-0.39, 0.29) is 0 Å². The Kier molecular flexibility index (Phi) is 7.04. The van der Waals surface area contributed by atoms with Crippen LogP contribution in [0.3, 0.4) is 0 Å². The van der Waals surface area contributed by atoms with Crippen LogP contribution < -0.4 is 0 Å². The van der Waals surface area contributed by atoms with E-state index in [1.165, 1.54) is 58.4 Å². The van der Waals surface area contributed by atoms with Gasteiger partial charge in [-0.15, -0.1) is 11.3 Å². The highest BCUT2D eigenvalue weighted by Gasteiger charge is 2.17. The van der Waals surface area contributed by atoms with E-state index < -0.39 is 0 Å². The van der Waals surface area contributed by atoms with Crippen LogP contribution in [0.25, 0.3) is 97.9 Å². The van der Waals surface area contributed by atoms with Crippen molar-refractivity contribution in [3.63, 3.8) is 0 Å². The molecule has 0 bridgehead atoms. The van der Waals surface area contributed by atoms with Gasteiger partial charge in [-0.25, -0.2) is 9.97 Å². The topological polar surface area (TPSA) is 25.8 Å². The summed E-state index contributed by atoms with van der Waals surface area (Å²) in [5.41, 5.74) is 9.64. The molecular formula is C48H30N2S. The summed E-state index contributed by atoms with van der Waals surface area (Å²) in [4.78, 5) is 10.4. The van der Waals surface area contributed by atoms with Crippen LogP contribution in [0.5, 0.6) is 0 Å². The molecule has 0 radical (unpaired) electrons. The summed E-state index contributed by atoms with van der Waals surface area (Å²) >= 11 is 1.86. The van der Waals surface area contributed by atoms with E-state index in [1.54, 1.807) is 0 Å². The minimum absolute atomic E-state index is 0.708. The Morgan fingerprint density at radius 2 is 0.941 bits per heavy atom. The minimum Gasteiger partial charge on any atom is -0.228 e. The second-order valence-electron chi connectivity index (χ2n) is 13.0. The van der Waals surface area contributed by atoms with Crippen LogP contribution in [0.1, 0.15) is 0 Å². The van der Waals surface area contributed by atoms with Crippen LogP contribution in [0.15, 0.2) is 182 Å². The minimum atomic E-state index is 0.708. The van der Waals surface area contributed by atoms with E-state index >= 15 is 0 Å². The van der Waals surface area contributed by atoms with Crippen molar-refractivity contribution >= 4 is 53.1 Å². The number of hydrogen-bond acceptors (Lipinski definition) is 3. The van der Waals surface area contributed by atoms with Crippen molar-refractivity contribution in [2.75, 3.05) is 0 Å². The number of rotatable bonds is 5. The molecule has 0 spiro atoms. The highest BCUT2D eigenvalue weighted by atomic mass is 32.1. The van der Waals surface area contributed by atoms with Crippen molar-refractivity contribution in [2.45, 2.75) is 0 Å². The summed E-state index contributed by atoms with van der Waals surface area (Å²) in [5.74, 6) is 0.708. The fourth-order valence-electron chi connectivity index (χ4n) is 7.35. The Labute approximate surface area is 300 Å². The average Bonchev–Trinajstić information content (AvgIpc) is 3.59. The normalized spacial score (nSPS) is 11.5. The van der Waals surface area contributed by atoms with Crippen LogP contribution in [0.2, 0.25) is 0 Å². The summed E-state index contributed by atoms with van der Waals surface area (Å²) in [6.45, 7) is 0. The summed E-state index contributed by atoms with van der Waals surface area (Å²) in [6.07, 6.45) is 0. The molecule has 0 N–H and O–H groups in total. The molecule has 0 saturated heterocycles. The maximum atomic E-state index is 5.28. The number of aromatic nitrogens is 2. The maximum Gasteiger partial charge on any atom is 0.160 e. The SMILES string of the molecule is c1ccc(-c2nc(-c3cc(-c4cccc5ccccc45)cc(-c4cccc5c4sc4ccccc45)c3)cc(-c3ccc4ccccc4c3)n2)cc1. The third-order valence-electron chi connectivity index (χ3n) is 9.85. The van der Waals surface area contributed by atoms with Crippen LogP contribution in [-0.4, -0.2) is 9.97 Å². The second-order valence-corrected chi connectivity index (χ2v) is 14.0. The zero-order chi connectivity index (χ0) is 33.7. The van der Waals surface area contributed by atoms with Crippen LogP contribution in [0.4, 0.5) is 0 Å². The first-order chi connectivity index (χ1) is 25.2. The molecule has 0 aliphatic rings. The summed E-state index contributed by atoms with van der Waals surface area (Å²) in [6, 6.07) is 65.1. The molecule has 2 heterocycles. The predicted molar refractivity (Wildman–Crippen MR) is 217 cm³/mol. The molecular weight excluding hydrogens is 637 g/mol. The first-order valence-electron chi connectivity index (χ1n) is 17.2. The molecule has 3 heteroatoms. The van der Waals surface area contributed by atoms with E-state index in [9.17, 15) is 0 Å². The number of hydrogen-bond donors (Lipinski definition) is 0. The van der Waals surface area contributed by atoms with Gasteiger partial charge in [0.2, 0.25) is 0 Å². The number of benzene rings is 8. The standard InChI is InChI=1S/C48H30N2S/c1-2-14-33(15-3-1)48-49-44(35-25-24-31-12-4-5-16-34(31)26-35)30-45(50-48)38-28-36(40-20-10-17-32-13-6-7-18-39(32)40)27-37(29-38)41-21-11-22-43-42-19-8-9-23-46(42)51-47(41)43/h1-30H. The van der Waals surface area contributed by atoms with Gasteiger partial charge in [0.25, 0.3) is 0 Å². The molecule has 0 unspecified atom stereocenters. The van der Waals surface area contributed by atoms with Gasteiger partial charge in [-0.2, -0.15) is 0 Å². The van der Waals surface area contributed by atoms with Crippen molar-refractivity contribution in [3.05, 3.63) is 182 Å². The first-order valence-corrected chi connectivity index (χ1v) is 18.0. The molecule has 51 heavy (non-hydrogen) atoms. The zero-order valence-corrected chi connectivity index (χ0v) is 28.4. The monoisotopic (exact) mass is 666 g/mol. The first kappa shape index (κ1) is 29.5. The molecule has 0 fully saturated rings. The molecule has 10 rings (SSSR count). The average molecular weight is 667 g/mol. The lowest BCUT2D eigenvalue weighted by atomic mass is 9.91.